The number of carbonyl (C=O) groups is 1. The van der Waals surface area contributed by atoms with Crippen molar-refractivity contribution in [2.75, 3.05) is 0 Å². The number of hydrogen-bond donors (Lipinski definition) is 1. The molecule has 4 heterocycles. The van der Waals surface area contributed by atoms with Gasteiger partial charge in [-0.3, -0.25) is 14.2 Å². The van der Waals surface area contributed by atoms with Gasteiger partial charge in [-0.2, -0.15) is 0 Å². The first-order valence-corrected chi connectivity index (χ1v) is 9.90. The predicted octanol–water partition coefficient (Wildman–Crippen LogP) is 1.43. The lowest BCUT2D eigenvalue weighted by atomic mass is 9.81. The average Bonchev–Trinajstić information content (AvgIpc) is 3.29. The first kappa shape index (κ1) is 17.7. The van der Waals surface area contributed by atoms with Crippen molar-refractivity contribution >= 4 is 29.4 Å². The van der Waals surface area contributed by atoms with Gasteiger partial charge in [-0.15, -0.1) is 0 Å². The van der Waals surface area contributed by atoms with Crippen molar-refractivity contribution < 1.29 is 13.9 Å². The Bertz CT molecular complexity index is 1320. The fourth-order valence-corrected chi connectivity index (χ4v) is 5.06. The number of para-hydroxylation sites is 1. The summed E-state index contributed by atoms with van der Waals surface area (Å²) in [6, 6.07) is 10.4. The van der Waals surface area contributed by atoms with Crippen molar-refractivity contribution in [1.82, 2.24) is 4.57 Å². The Morgan fingerprint density at radius 1 is 1.31 bits per heavy atom. The van der Waals surface area contributed by atoms with Crippen molar-refractivity contribution in [2.45, 2.75) is 18.7 Å². The maximum absolute atomic E-state index is 13.2. The number of ether oxygens (including phenoxy) is 1. The van der Waals surface area contributed by atoms with Gasteiger partial charge in [0.1, 0.15) is 17.4 Å². The number of nitrogens with zero attached hydrogens (tertiary/aromatic N) is 2. The molecule has 8 heteroatoms. The minimum Gasteiger partial charge on any atom is -0.465 e. The van der Waals surface area contributed by atoms with Crippen LogP contribution in [0.25, 0.3) is 12.2 Å². The van der Waals surface area contributed by atoms with Crippen LogP contribution in [-0.2, 0) is 4.79 Å². The van der Waals surface area contributed by atoms with Crippen LogP contribution in [-0.4, -0.2) is 16.2 Å². The number of carbonyl (C=O) groups excluding carboxylic acids is 1. The van der Waals surface area contributed by atoms with Crippen LogP contribution in [0.15, 0.2) is 62.9 Å². The lowest BCUT2D eigenvalue weighted by Crippen LogP contribution is -2.59. The molecule has 7 nitrogen and oxygen atoms in total. The molecular formula is C21H17N3O4S. The van der Waals surface area contributed by atoms with Crippen molar-refractivity contribution in [3.63, 3.8) is 0 Å². The topological polar surface area (TPSA) is 99.8 Å². The SMILES string of the molecule is C[C@@]12N=c3s/c(=C\C=C\c4ccco4)c(=O)n3[C@H](c3ccccc3O1)[C@H]2C(N)=O. The van der Waals surface area contributed by atoms with E-state index in [0.717, 1.165) is 5.56 Å². The van der Waals surface area contributed by atoms with E-state index in [2.05, 4.69) is 4.99 Å². The van der Waals surface area contributed by atoms with Crippen molar-refractivity contribution in [3.05, 3.63) is 79.7 Å². The summed E-state index contributed by atoms with van der Waals surface area (Å²) in [7, 11) is 0. The molecule has 0 saturated carbocycles. The Labute approximate surface area is 169 Å². The van der Waals surface area contributed by atoms with Crippen LogP contribution in [0.5, 0.6) is 5.75 Å². The van der Waals surface area contributed by atoms with E-state index in [-0.39, 0.29) is 5.56 Å². The summed E-state index contributed by atoms with van der Waals surface area (Å²) < 4.78 is 13.4. The molecule has 2 N–H and O–H groups in total. The van der Waals surface area contributed by atoms with Crippen molar-refractivity contribution in [3.8, 4) is 5.75 Å². The molecule has 1 amide bonds. The van der Waals surface area contributed by atoms with Gasteiger partial charge in [0.05, 0.1) is 16.8 Å². The number of nitrogens with two attached hydrogens (primary N) is 1. The second-order valence-corrected chi connectivity index (χ2v) is 8.11. The summed E-state index contributed by atoms with van der Waals surface area (Å²) in [5, 5.41) is 0. The Kier molecular flexibility index (Phi) is 3.85. The largest absolute Gasteiger partial charge is 0.465 e. The van der Waals surface area contributed by atoms with Crippen LogP contribution in [0.1, 0.15) is 24.3 Å². The van der Waals surface area contributed by atoms with Gasteiger partial charge in [0.2, 0.25) is 11.6 Å². The number of fused-ring (bicyclic) bond motifs is 6. The summed E-state index contributed by atoms with van der Waals surface area (Å²) in [5.41, 5.74) is 5.10. The average molecular weight is 407 g/mol. The van der Waals surface area contributed by atoms with Crippen LogP contribution in [0.4, 0.5) is 0 Å². The standard InChI is InChI=1S/C21H17N3O4S/c1-21-16(18(22)25)17(13-8-2-3-9-14(13)28-21)24-19(26)15(29-20(24)23-21)10-4-6-12-7-5-11-27-12/h2-11,16-17H,1H3,(H2,22,25)/b6-4+,15-10-/t16-,17+,21+/m0/s1. The number of furan rings is 1. The smallest absolute Gasteiger partial charge is 0.270 e. The zero-order valence-electron chi connectivity index (χ0n) is 15.4. The highest BCUT2D eigenvalue weighted by atomic mass is 32.1. The third kappa shape index (κ3) is 2.67. The molecule has 0 spiro atoms. The summed E-state index contributed by atoms with van der Waals surface area (Å²) >= 11 is 1.26. The van der Waals surface area contributed by atoms with Crippen molar-refractivity contribution in [1.29, 1.82) is 0 Å². The maximum Gasteiger partial charge on any atom is 0.270 e. The Morgan fingerprint density at radius 2 is 2.14 bits per heavy atom. The first-order chi connectivity index (χ1) is 14.0. The maximum atomic E-state index is 13.2. The molecule has 146 valence electrons. The zero-order valence-corrected chi connectivity index (χ0v) is 16.3. The second-order valence-electron chi connectivity index (χ2n) is 7.10. The molecule has 3 atom stereocenters. The third-order valence-electron chi connectivity index (χ3n) is 5.24. The number of benzene rings is 1. The van der Waals surface area contributed by atoms with Crippen LogP contribution in [0.2, 0.25) is 0 Å². The highest BCUT2D eigenvalue weighted by molar-refractivity contribution is 7.07. The minimum atomic E-state index is -1.16. The fourth-order valence-electron chi connectivity index (χ4n) is 4.01. The molecule has 2 aliphatic heterocycles. The quantitative estimate of drug-likeness (QED) is 0.710. The van der Waals surface area contributed by atoms with Gasteiger partial charge in [0, 0.05) is 5.56 Å². The summed E-state index contributed by atoms with van der Waals surface area (Å²) in [6.07, 6.45) is 6.82. The zero-order chi connectivity index (χ0) is 20.2. The molecule has 1 aromatic carbocycles. The molecule has 0 saturated heterocycles. The third-order valence-corrected chi connectivity index (χ3v) is 6.24. The normalized spacial score (nSPS) is 25.2. The van der Waals surface area contributed by atoms with E-state index in [9.17, 15) is 9.59 Å². The molecule has 0 fully saturated rings. The van der Waals surface area contributed by atoms with Gasteiger partial charge in [0.15, 0.2) is 4.80 Å². The summed E-state index contributed by atoms with van der Waals surface area (Å²) in [6.45, 7) is 1.74. The van der Waals surface area contributed by atoms with Gasteiger partial charge >= 0.3 is 0 Å². The van der Waals surface area contributed by atoms with E-state index in [1.165, 1.54) is 11.3 Å². The van der Waals surface area contributed by atoms with E-state index >= 15 is 0 Å². The highest BCUT2D eigenvalue weighted by Crippen LogP contribution is 2.46. The van der Waals surface area contributed by atoms with Crippen LogP contribution >= 0.6 is 11.3 Å². The predicted molar refractivity (Wildman–Crippen MR) is 108 cm³/mol. The molecule has 29 heavy (non-hydrogen) atoms. The van der Waals surface area contributed by atoms with E-state index in [1.54, 1.807) is 42.0 Å². The van der Waals surface area contributed by atoms with Gasteiger partial charge in [-0.25, -0.2) is 4.99 Å². The van der Waals surface area contributed by atoms with Gasteiger partial charge in [-0.1, -0.05) is 35.6 Å². The van der Waals surface area contributed by atoms with Crippen LogP contribution in [0, 0.1) is 5.92 Å². The summed E-state index contributed by atoms with van der Waals surface area (Å²) in [4.78, 5) is 30.7. The van der Waals surface area contributed by atoms with Crippen LogP contribution in [0.3, 0.4) is 0 Å². The Morgan fingerprint density at radius 3 is 2.90 bits per heavy atom. The number of thiazole rings is 1. The van der Waals surface area contributed by atoms with E-state index < -0.39 is 23.6 Å². The number of amides is 1. The van der Waals surface area contributed by atoms with E-state index in [4.69, 9.17) is 14.9 Å². The summed E-state index contributed by atoms with van der Waals surface area (Å²) in [5.74, 6) is -0.0495. The number of allylic oxidation sites excluding steroid dienone is 1. The molecule has 0 radical (unpaired) electrons. The molecule has 0 aliphatic carbocycles. The number of hydrogen-bond acceptors (Lipinski definition) is 6. The number of rotatable bonds is 3. The highest BCUT2D eigenvalue weighted by Gasteiger charge is 2.54. The van der Waals surface area contributed by atoms with Crippen molar-refractivity contribution in [2.24, 2.45) is 16.6 Å². The molecule has 2 bridgehead atoms. The second kappa shape index (κ2) is 6.31. The number of primary amides is 1. The van der Waals surface area contributed by atoms with E-state index in [0.29, 0.717) is 20.8 Å². The monoisotopic (exact) mass is 407 g/mol. The molecule has 0 unspecified atom stereocenters. The van der Waals surface area contributed by atoms with Gasteiger partial charge in [-0.05, 0) is 37.3 Å². The Balaban J connectivity index is 1.72. The lowest BCUT2D eigenvalue weighted by molar-refractivity contribution is -0.133. The molecule has 5 rings (SSSR count). The molecule has 2 aromatic heterocycles. The lowest BCUT2D eigenvalue weighted by Gasteiger charge is -2.44. The number of aromatic nitrogens is 1. The molecular weight excluding hydrogens is 390 g/mol. The van der Waals surface area contributed by atoms with E-state index in [1.807, 2.05) is 30.3 Å². The van der Waals surface area contributed by atoms with Crippen LogP contribution < -0.4 is 25.4 Å². The first-order valence-electron chi connectivity index (χ1n) is 9.08. The van der Waals surface area contributed by atoms with Gasteiger partial charge in [0.25, 0.3) is 5.56 Å². The minimum absolute atomic E-state index is 0.215. The molecule has 2 aliphatic rings. The Hall–Kier alpha value is -3.39. The molecule has 3 aromatic rings. The fraction of sp³-hybridized carbons (Fsp3) is 0.190. The van der Waals surface area contributed by atoms with Gasteiger partial charge < -0.3 is 14.9 Å².